The third kappa shape index (κ3) is 3.95. The van der Waals surface area contributed by atoms with Gasteiger partial charge in [-0.05, 0) is 47.9 Å². The van der Waals surface area contributed by atoms with Crippen LogP contribution in [0.4, 0.5) is 0 Å². The molecule has 1 aliphatic heterocycles. The molecule has 0 amide bonds. The Balaban J connectivity index is 1.68. The molecule has 0 bridgehead atoms. The van der Waals surface area contributed by atoms with Crippen LogP contribution in [0.15, 0.2) is 29.3 Å². The van der Waals surface area contributed by atoms with Crippen LogP contribution in [0.2, 0.25) is 0 Å². The first-order valence-corrected chi connectivity index (χ1v) is 11.9. The summed E-state index contributed by atoms with van der Waals surface area (Å²) in [7, 11) is -0.0681. The van der Waals surface area contributed by atoms with Crippen molar-refractivity contribution in [2.75, 3.05) is 6.61 Å². The van der Waals surface area contributed by atoms with E-state index in [9.17, 15) is 0 Å². The van der Waals surface area contributed by atoms with E-state index in [1.165, 1.54) is 69.8 Å². The highest BCUT2D eigenvalue weighted by molar-refractivity contribution is 7.67. The highest BCUT2D eigenvalue weighted by atomic mass is 31.1. The highest BCUT2D eigenvalue weighted by Crippen LogP contribution is 2.55. The minimum Gasteiger partial charge on any atom is -0.479 e. The summed E-state index contributed by atoms with van der Waals surface area (Å²) in [6, 6.07) is 9.50. The SMILES string of the molecule is CC1=N[C@@H](c2ccccc2P(C2CCCCC2)C2CCCCC2)CO1. The van der Waals surface area contributed by atoms with Crippen LogP contribution in [0.5, 0.6) is 0 Å². The summed E-state index contributed by atoms with van der Waals surface area (Å²) >= 11 is 0. The van der Waals surface area contributed by atoms with Crippen LogP contribution in [0.25, 0.3) is 0 Å². The fraction of sp³-hybridized carbons (Fsp3) is 0.682. The standard InChI is InChI=1S/C22H32NOP/c1-17-23-21(16-24-17)20-14-8-9-15-22(20)25(18-10-4-2-5-11-18)19-12-6-3-7-13-19/h8-9,14-15,18-19,21H,2-7,10-13,16H2,1H3/t21-/m1/s1. The second-order valence-corrected chi connectivity index (χ2v) is 10.8. The van der Waals surface area contributed by atoms with E-state index < -0.39 is 0 Å². The molecule has 1 heterocycles. The molecule has 0 unspecified atom stereocenters. The van der Waals surface area contributed by atoms with Gasteiger partial charge in [0.2, 0.25) is 0 Å². The average Bonchev–Trinajstić information content (AvgIpc) is 3.10. The zero-order valence-corrected chi connectivity index (χ0v) is 16.5. The van der Waals surface area contributed by atoms with Gasteiger partial charge in [-0.1, -0.05) is 70.7 Å². The molecule has 0 aromatic heterocycles. The van der Waals surface area contributed by atoms with Gasteiger partial charge in [-0.15, -0.1) is 0 Å². The Labute approximate surface area is 154 Å². The van der Waals surface area contributed by atoms with E-state index >= 15 is 0 Å². The van der Waals surface area contributed by atoms with Crippen LogP contribution in [-0.2, 0) is 4.74 Å². The monoisotopic (exact) mass is 357 g/mol. The lowest BCUT2D eigenvalue weighted by Gasteiger charge is -2.40. The number of rotatable bonds is 4. The molecule has 2 fully saturated rings. The van der Waals surface area contributed by atoms with Gasteiger partial charge in [-0.3, -0.25) is 0 Å². The summed E-state index contributed by atoms with van der Waals surface area (Å²) in [5.74, 6) is 0.861. The summed E-state index contributed by atoms with van der Waals surface area (Å²) < 4.78 is 5.70. The number of nitrogens with zero attached hydrogens (tertiary/aromatic N) is 1. The fourth-order valence-corrected chi connectivity index (χ4v) is 9.07. The maximum Gasteiger partial charge on any atom is 0.180 e. The molecule has 2 saturated carbocycles. The van der Waals surface area contributed by atoms with Crippen molar-refractivity contribution in [3.8, 4) is 0 Å². The third-order valence-electron chi connectivity index (χ3n) is 6.30. The normalized spacial score (nSPS) is 25.8. The van der Waals surface area contributed by atoms with Gasteiger partial charge in [-0.25, -0.2) is 4.99 Å². The average molecular weight is 357 g/mol. The quantitative estimate of drug-likeness (QED) is 0.610. The Morgan fingerprint density at radius 2 is 1.48 bits per heavy atom. The van der Waals surface area contributed by atoms with Gasteiger partial charge in [0.25, 0.3) is 0 Å². The molecule has 25 heavy (non-hydrogen) atoms. The van der Waals surface area contributed by atoms with E-state index in [1.54, 1.807) is 5.30 Å². The minimum atomic E-state index is -0.0681. The lowest BCUT2D eigenvalue weighted by Crippen LogP contribution is -2.28. The molecule has 3 aliphatic rings. The second-order valence-electron chi connectivity index (χ2n) is 8.02. The summed E-state index contributed by atoms with van der Waals surface area (Å²) in [4.78, 5) is 4.80. The maximum atomic E-state index is 5.70. The molecular formula is C22H32NOP. The smallest absolute Gasteiger partial charge is 0.180 e. The van der Waals surface area contributed by atoms with Crippen molar-refractivity contribution >= 4 is 19.1 Å². The molecule has 136 valence electrons. The van der Waals surface area contributed by atoms with Crippen LogP contribution in [0, 0.1) is 0 Å². The number of aliphatic imine (C=N–C) groups is 1. The van der Waals surface area contributed by atoms with Gasteiger partial charge in [-0.2, -0.15) is 0 Å². The van der Waals surface area contributed by atoms with E-state index in [4.69, 9.17) is 9.73 Å². The Kier molecular flexibility index (Phi) is 5.76. The van der Waals surface area contributed by atoms with Gasteiger partial charge in [0, 0.05) is 6.92 Å². The largest absolute Gasteiger partial charge is 0.479 e. The van der Waals surface area contributed by atoms with Crippen LogP contribution < -0.4 is 5.30 Å². The fourth-order valence-electron chi connectivity index (χ4n) is 5.07. The first kappa shape index (κ1) is 17.5. The molecule has 1 atom stereocenters. The van der Waals surface area contributed by atoms with Crippen molar-refractivity contribution in [2.24, 2.45) is 4.99 Å². The molecule has 0 spiro atoms. The van der Waals surface area contributed by atoms with Crippen molar-refractivity contribution in [3.05, 3.63) is 29.8 Å². The van der Waals surface area contributed by atoms with E-state index in [-0.39, 0.29) is 14.0 Å². The van der Waals surface area contributed by atoms with Crippen molar-refractivity contribution in [2.45, 2.75) is 88.5 Å². The number of hydrogen-bond acceptors (Lipinski definition) is 2. The van der Waals surface area contributed by atoms with Crippen LogP contribution in [-0.4, -0.2) is 23.8 Å². The van der Waals surface area contributed by atoms with Crippen molar-refractivity contribution in [1.29, 1.82) is 0 Å². The lowest BCUT2D eigenvalue weighted by atomic mass is 9.99. The number of ether oxygens (including phenoxy) is 1. The maximum absolute atomic E-state index is 5.70. The first-order chi connectivity index (χ1) is 12.3. The van der Waals surface area contributed by atoms with Crippen molar-refractivity contribution < 1.29 is 4.74 Å². The molecule has 4 rings (SSSR count). The molecule has 1 aromatic rings. The van der Waals surface area contributed by atoms with E-state index in [0.29, 0.717) is 0 Å². The van der Waals surface area contributed by atoms with Crippen LogP contribution in [0.3, 0.4) is 0 Å². The Bertz CT molecular complexity index is 584. The van der Waals surface area contributed by atoms with E-state index in [0.717, 1.165) is 23.8 Å². The highest BCUT2D eigenvalue weighted by Gasteiger charge is 2.35. The van der Waals surface area contributed by atoms with Gasteiger partial charge in [0.05, 0.1) is 0 Å². The minimum absolute atomic E-state index is 0.0681. The van der Waals surface area contributed by atoms with Gasteiger partial charge < -0.3 is 4.74 Å². The Morgan fingerprint density at radius 3 is 2.04 bits per heavy atom. The summed E-state index contributed by atoms with van der Waals surface area (Å²) in [6.07, 6.45) is 14.5. The third-order valence-corrected chi connectivity index (χ3v) is 9.87. The van der Waals surface area contributed by atoms with Crippen LogP contribution >= 0.6 is 7.92 Å². The van der Waals surface area contributed by atoms with Crippen molar-refractivity contribution in [3.63, 3.8) is 0 Å². The summed E-state index contributed by atoms with van der Waals surface area (Å²) in [6.45, 7) is 2.73. The number of benzene rings is 1. The zero-order valence-electron chi connectivity index (χ0n) is 15.6. The van der Waals surface area contributed by atoms with Crippen molar-refractivity contribution in [1.82, 2.24) is 0 Å². The van der Waals surface area contributed by atoms with Gasteiger partial charge >= 0.3 is 0 Å². The molecule has 0 radical (unpaired) electrons. The molecule has 1 aromatic carbocycles. The topological polar surface area (TPSA) is 21.6 Å². The van der Waals surface area contributed by atoms with E-state index in [2.05, 4.69) is 24.3 Å². The zero-order chi connectivity index (χ0) is 17.1. The Hall–Kier alpha value is -0.880. The lowest BCUT2D eigenvalue weighted by molar-refractivity contribution is 0.317. The van der Waals surface area contributed by atoms with Gasteiger partial charge in [0.15, 0.2) is 5.90 Å². The molecule has 3 heteroatoms. The molecular weight excluding hydrogens is 325 g/mol. The molecule has 0 N–H and O–H groups in total. The van der Waals surface area contributed by atoms with Crippen LogP contribution in [0.1, 0.15) is 82.7 Å². The van der Waals surface area contributed by atoms with Gasteiger partial charge in [0.1, 0.15) is 12.6 Å². The molecule has 0 saturated heterocycles. The predicted octanol–water partition coefficient (Wildman–Crippen LogP) is 5.95. The summed E-state index contributed by atoms with van der Waals surface area (Å²) in [5, 5.41) is 1.67. The van der Waals surface area contributed by atoms with E-state index in [1.807, 2.05) is 6.92 Å². The summed E-state index contributed by atoms with van der Waals surface area (Å²) in [5.41, 5.74) is 3.36. The second kappa shape index (κ2) is 8.21. The first-order valence-electron chi connectivity index (χ1n) is 10.4. The number of hydrogen-bond donors (Lipinski definition) is 0. The molecule has 2 aliphatic carbocycles. The predicted molar refractivity (Wildman–Crippen MR) is 109 cm³/mol. The molecule has 2 nitrogen and oxygen atoms in total. The Morgan fingerprint density at radius 1 is 0.880 bits per heavy atom.